The van der Waals surface area contributed by atoms with E-state index >= 15 is 0 Å². The molecule has 0 N–H and O–H groups in total. The first-order chi connectivity index (χ1) is 8.11. The van der Waals surface area contributed by atoms with Crippen molar-refractivity contribution in [3.8, 4) is 0 Å². The third-order valence-corrected chi connectivity index (χ3v) is 2.76. The molecule has 0 spiro atoms. The van der Waals surface area contributed by atoms with Gasteiger partial charge in [-0.3, -0.25) is 4.79 Å². The van der Waals surface area contributed by atoms with Crippen LogP contribution in [0.5, 0.6) is 0 Å². The van der Waals surface area contributed by atoms with Gasteiger partial charge in [-0.15, -0.1) is 11.6 Å². The maximum absolute atomic E-state index is 11.8. The van der Waals surface area contributed by atoms with Gasteiger partial charge in [0.25, 0.3) is 0 Å². The van der Waals surface area contributed by atoms with E-state index in [2.05, 4.69) is 0 Å². The van der Waals surface area contributed by atoms with Crippen LogP contribution < -0.4 is 0 Å². The van der Waals surface area contributed by atoms with E-state index in [1.807, 2.05) is 34.6 Å². The lowest BCUT2D eigenvalue weighted by molar-refractivity contribution is -0.295. The van der Waals surface area contributed by atoms with Gasteiger partial charge in [-0.2, -0.15) is 0 Å². The molecule has 1 aliphatic rings. The van der Waals surface area contributed by atoms with Crippen molar-refractivity contribution < 1.29 is 19.0 Å². The van der Waals surface area contributed by atoms with Crippen LogP contribution in [-0.2, 0) is 19.0 Å². The quantitative estimate of drug-likeness (QED) is 0.588. The van der Waals surface area contributed by atoms with E-state index in [-0.39, 0.29) is 24.6 Å². The number of ether oxygens (including phenoxy) is 3. The highest BCUT2D eigenvalue weighted by Crippen LogP contribution is 2.29. The fraction of sp³-hybridized carbons (Fsp3) is 0.923. The van der Waals surface area contributed by atoms with Gasteiger partial charge in [0.1, 0.15) is 5.60 Å². The Morgan fingerprint density at radius 3 is 2.39 bits per heavy atom. The Labute approximate surface area is 114 Å². The molecule has 0 unspecified atom stereocenters. The van der Waals surface area contributed by atoms with Gasteiger partial charge < -0.3 is 14.2 Å². The first kappa shape index (κ1) is 15.7. The van der Waals surface area contributed by atoms with E-state index in [0.29, 0.717) is 12.3 Å². The van der Waals surface area contributed by atoms with Crippen molar-refractivity contribution in [1.82, 2.24) is 0 Å². The summed E-state index contributed by atoms with van der Waals surface area (Å²) in [4.78, 5) is 11.8. The molecule has 0 bridgehead atoms. The van der Waals surface area contributed by atoms with E-state index in [1.54, 1.807) is 0 Å². The number of alkyl halides is 1. The molecule has 1 saturated heterocycles. The highest BCUT2D eigenvalue weighted by molar-refractivity contribution is 6.18. The van der Waals surface area contributed by atoms with E-state index in [4.69, 9.17) is 25.8 Å². The third kappa shape index (κ3) is 5.55. The zero-order valence-corrected chi connectivity index (χ0v) is 12.5. The summed E-state index contributed by atoms with van der Waals surface area (Å²) in [6.07, 6.45) is 0.569. The summed E-state index contributed by atoms with van der Waals surface area (Å²) in [5, 5.41) is 0. The number of hydrogen-bond donors (Lipinski definition) is 0. The van der Waals surface area contributed by atoms with Crippen molar-refractivity contribution in [1.29, 1.82) is 0 Å². The molecular weight excluding hydrogens is 256 g/mol. The highest BCUT2D eigenvalue weighted by Gasteiger charge is 2.36. The van der Waals surface area contributed by atoms with E-state index in [9.17, 15) is 4.79 Å². The standard InChI is InChI=1S/C13H23ClO4/c1-12(2,3)18-11(15)7-9-6-10(8-14)17-13(4,5)16-9/h9-10H,6-8H2,1-5H3/t9-,10-/m1/s1. The minimum absolute atomic E-state index is 0.0807. The molecule has 5 heteroatoms. The van der Waals surface area contributed by atoms with Crippen molar-refractivity contribution >= 4 is 17.6 Å². The summed E-state index contributed by atoms with van der Waals surface area (Å²) in [5.74, 6) is -0.555. The van der Waals surface area contributed by atoms with Crippen molar-refractivity contribution in [2.24, 2.45) is 0 Å². The topological polar surface area (TPSA) is 44.8 Å². The highest BCUT2D eigenvalue weighted by atomic mass is 35.5. The van der Waals surface area contributed by atoms with Crippen molar-refractivity contribution in [2.75, 3.05) is 5.88 Å². The monoisotopic (exact) mass is 278 g/mol. The van der Waals surface area contributed by atoms with Crippen LogP contribution in [0, 0.1) is 0 Å². The number of esters is 1. The smallest absolute Gasteiger partial charge is 0.308 e. The number of rotatable bonds is 3. The second-order valence-corrected chi connectivity index (χ2v) is 6.37. The SMILES string of the molecule is CC(C)(C)OC(=O)C[C@H]1C[C@H](CCl)OC(C)(C)O1. The Morgan fingerprint density at radius 1 is 1.33 bits per heavy atom. The van der Waals surface area contributed by atoms with Crippen molar-refractivity contribution in [2.45, 2.75) is 71.1 Å². The second-order valence-electron chi connectivity index (χ2n) is 6.06. The molecule has 0 aliphatic carbocycles. The molecule has 1 aliphatic heterocycles. The Kier molecular flexibility index (Phi) is 5.04. The molecule has 4 nitrogen and oxygen atoms in total. The van der Waals surface area contributed by atoms with E-state index in [0.717, 1.165) is 0 Å². The van der Waals surface area contributed by atoms with Gasteiger partial charge in [0.05, 0.1) is 18.6 Å². The van der Waals surface area contributed by atoms with Crippen LogP contribution in [0.3, 0.4) is 0 Å². The van der Waals surface area contributed by atoms with Crippen LogP contribution in [0.2, 0.25) is 0 Å². The Bertz CT molecular complexity index is 296. The zero-order valence-electron chi connectivity index (χ0n) is 11.8. The van der Waals surface area contributed by atoms with Gasteiger partial charge in [0.15, 0.2) is 5.79 Å². The average Bonchev–Trinajstić information content (AvgIpc) is 2.11. The second kappa shape index (κ2) is 5.76. The molecule has 1 fully saturated rings. The lowest BCUT2D eigenvalue weighted by Gasteiger charge is -2.40. The summed E-state index contributed by atoms with van der Waals surface area (Å²) < 4.78 is 16.6. The lowest BCUT2D eigenvalue weighted by atomic mass is 10.1. The van der Waals surface area contributed by atoms with Crippen LogP contribution >= 0.6 is 11.6 Å². The lowest BCUT2D eigenvalue weighted by Crippen LogP contribution is -2.46. The fourth-order valence-corrected chi connectivity index (χ4v) is 2.20. The van der Waals surface area contributed by atoms with Crippen molar-refractivity contribution in [3.05, 3.63) is 0 Å². The van der Waals surface area contributed by atoms with Crippen LogP contribution in [-0.4, -0.2) is 35.4 Å². The van der Waals surface area contributed by atoms with Gasteiger partial charge in [-0.1, -0.05) is 0 Å². The average molecular weight is 279 g/mol. The van der Waals surface area contributed by atoms with Crippen molar-refractivity contribution in [3.63, 3.8) is 0 Å². The Balaban J connectivity index is 2.53. The maximum atomic E-state index is 11.8. The molecular formula is C13H23ClO4. The van der Waals surface area contributed by atoms with Crippen LogP contribution in [0.4, 0.5) is 0 Å². The normalized spacial score (nSPS) is 27.9. The largest absolute Gasteiger partial charge is 0.460 e. The molecule has 106 valence electrons. The minimum atomic E-state index is -0.704. The molecule has 18 heavy (non-hydrogen) atoms. The molecule has 2 atom stereocenters. The molecule has 0 radical (unpaired) electrons. The summed E-state index contributed by atoms with van der Waals surface area (Å²) in [6.45, 7) is 9.20. The molecule has 1 heterocycles. The van der Waals surface area contributed by atoms with Crippen LogP contribution in [0.1, 0.15) is 47.5 Å². The summed E-state index contributed by atoms with van der Waals surface area (Å²) in [7, 11) is 0. The number of halogens is 1. The minimum Gasteiger partial charge on any atom is -0.460 e. The molecule has 0 aromatic carbocycles. The van der Waals surface area contributed by atoms with Gasteiger partial charge in [0.2, 0.25) is 0 Å². The van der Waals surface area contributed by atoms with Crippen LogP contribution in [0.25, 0.3) is 0 Å². The third-order valence-electron chi connectivity index (χ3n) is 2.41. The molecule has 0 amide bonds. The van der Waals surface area contributed by atoms with Gasteiger partial charge in [-0.05, 0) is 34.6 Å². The maximum Gasteiger partial charge on any atom is 0.308 e. The summed E-state index contributed by atoms with van der Waals surface area (Å²) in [5.41, 5.74) is -0.469. The van der Waals surface area contributed by atoms with Gasteiger partial charge >= 0.3 is 5.97 Å². The van der Waals surface area contributed by atoms with E-state index < -0.39 is 11.4 Å². The first-order valence-electron chi connectivity index (χ1n) is 6.25. The Morgan fingerprint density at radius 2 is 1.89 bits per heavy atom. The molecule has 0 saturated carbocycles. The predicted octanol–water partition coefficient (Wildman–Crippen LogP) is 2.87. The van der Waals surface area contributed by atoms with Gasteiger partial charge in [-0.25, -0.2) is 0 Å². The first-order valence-corrected chi connectivity index (χ1v) is 6.78. The molecule has 1 rings (SSSR count). The molecule has 0 aromatic rings. The number of carbonyl (C=O) groups is 1. The zero-order chi connectivity index (χ0) is 14.0. The van der Waals surface area contributed by atoms with Gasteiger partial charge in [0, 0.05) is 12.3 Å². The molecule has 0 aromatic heterocycles. The fourth-order valence-electron chi connectivity index (χ4n) is 2.01. The summed E-state index contributed by atoms with van der Waals surface area (Å²) in [6, 6.07) is 0. The number of carbonyl (C=O) groups excluding carboxylic acids is 1. The van der Waals surface area contributed by atoms with E-state index in [1.165, 1.54) is 0 Å². The van der Waals surface area contributed by atoms with Crippen LogP contribution in [0.15, 0.2) is 0 Å². The predicted molar refractivity (Wildman–Crippen MR) is 69.6 cm³/mol. The summed E-state index contributed by atoms with van der Waals surface area (Å²) >= 11 is 5.82. The Hall–Kier alpha value is -0.320. The number of hydrogen-bond acceptors (Lipinski definition) is 4.